The van der Waals surface area contributed by atoms with Crippen molar-refractivity contribution in [2.24, 2.45) is 11.8 Å². The van der Waals surface area contributed by atoms with E-state index in [4.69, 9.17) is 5.73 Å². The topological polar surface area (TPSA) is 63.4 Å². The molecule has 19 heavy (non-hydrogen) atoms. The number of nitrogens with two attached hydrogens (primary N) is 1. The maximum absolute atomic E-state index is 12.7. The largest absolute Gasteiger partial charge is 0.399 e. The minimum atomic E-state index is -3.47. The molecular weight excluding hydrogens is 328 g/mol. The number of rotatable bonds is 2. The van der Waals surface area contributed by atoms with Gasteiger partial charge in [0.2, 0.25) is 10.0 Å². The number of benzene rings is 1. The van der Waals surface area contributed by atoms with E-state index >= 15 is 0 Å². The number of piperidine rings is 1. The number of halogens is 1. The Kier molecular flexibility index (Phi) is 4.23. The van der Waals surface area contributed by atoms with E-state index in [0.29, 0.717) is 35.1 Å². The molecule has 2 N–H and O–H groups in total. The molecule has 1 heterocycles. The van der Waals surface area contributed by atoms with Crippen molar-refractivity contribution in [1.82, 2.24) is 4.31 Å². The van der Waals surface area contributed by atoms with Gasteiger partial charge in [-0.3, -0.25) is 0 Å². The molecule has 6 heteroatoms. The normalized spacial score (nSPS) is 25.4. The lowest BCUT2D eigenvalue weighted by Crippen LogP contribution is -2.42. The standard InChI is InChI=1S/C13H19BrN2O2S/c1-9-5-10(2)8-16(7-9)19(17,18)13-6-11(15)3-4-12(13)14/h3-4,6,9-10H,5,7-8,15H2,1-2H3. The second-order valence-corrected chi connectivity index (χ2v) is 8.22. The Hall–Kier alpha value is -0.590. The molecule has 0 spiro atoms. The van der Waals surface area contributed by atoms with Gasteiger partial charge < -0.3 is 5.73 Å². The highest BCUT2D eigenvalue weighted by Gasteiger charge is 2.32. The zero-order valence-corrected chi connectivity index (χ0v) is 13.5. The van der Waals surface area contributed by atoms with Crippen molar-refractivity contribution in [3.8, 4) is 0 Å². The smallest absolute Gasteiger partial charge is 0.244 e. The van der Waals surface area contributed by atoms with Crippen LogP contribution in [0.1, 0.15) is 20.3 Å². The lowest BCUT2D eigenvalue weighted by Gasteiger charge is -2.34. The van der Waals surface area contributed by atoms with Gasteiger partial charge in [-0.15, -0.1) is 0 Å². The van der Waals surface area contributed by atoms with Crippen molar-refractivity contribution in [1.29, 1.82) is 0 Å². The molecule has 1 saturated heterocycles. The highest BCUT2D eigenvalue weighted by Crippen LogP contribution is 2.31. The van der Waals surface area contributed by atoms with Crippen LogP contribution >= 0.6 is 15.9 Å². The summed E-state index contributed by atoms with van der Waals surface area (Å²) in [6.45, 7) is 5.33. The third kappa shape index (κ3) is 3.12. The fourth-order valence-corrected chi connectivity index (χ4v) is 5.30. The molecule has 1 aromatic carbocycles. The number of nitrogens with zero attached hydrogens (tertiary/aromatic N) is 1. The molecule has 4 nitrogen and oxygen atoms in total. The summed E-state index contributed by atoms with van der Waals surface area (Å²) in [4.78, 5) is 0.258. The number of hydrogen-bond acceptors (Lipinski definition) is 3. The highest BCUT2D eigenvalue weighted by molar-refractivity contribution is 9.10. The van der Waals surface area contributed by atoms with Crippen LogP contribution in [0.2, 0.25) is 0 Å². The molecule has 106 valence electrons. The summed E-state index contributed by atoms with van der Waals surface area (Å²) in [5.41, 5.74) is 6.16. The van der Waals surface area contributed by atoms with Gasteiger partial charge in [0.1, 0.15) is 0 Å². The predicted molar refractivity (Wildman–Crippen MR) is 80.3 cm³/mol. The van der Waals surface area contributed by atoms with E-state index < -0.39 is 10.0 Å². The van der Waals surface area contributed by atoms with Crippen molar-refractivity contribution in [2.75, 3.05) is 18.8 Å². The van der Waals surface area contributed by atoms with Crippen LogP contribution in [-0.4, -0.2) is 25.8 Å². The SMILES string of the molecule is CC1CC(C)CN(S(=O)(=O)c2cc(N)ccc2Br)C1. The van der Waals surface area contributed by atoms with E-state index in [-0.39, 0.29) is 4.90 Å². The van der Waals surface area contributed by atoms with E-state index in [1.807, 2.05) is 0 Å². The first-order valence-corrected chi connectivity index (χ1v) is 8.59. The van der Waals surface area contributed by atoms with Gasteiger partial charge in [-0.25, -0.2) is 8.42 Å². The number of anilines is 1. The molecule has 0 saturated carbocycles. The van der Waals surface area contributed by atoms with Crippen molar-refractivity contribution in [3.63, 3.8) is 0 Å². The van der Waals surface area contributed by atoms with Crippen LogP contribution in [0.25, 0.3) is 0 Å². The van der Waals surface area contributed by atoms with Gasteiger partial charge >= 0.3 is 0 Å². The first-order valence-electron chi connectivity index (χ1n) is 6.36. The molecule has 0 radical (unpaired) electrons. The third-order valence-corrected chi connectivity index (χ3v) is 6.23. The van der Waals surface area contributed by atoms with Crippen molar-refractivity contribution in [2.45, 2.75) is 25.2 Å². The lowest BCUT2D eigenvalue weighted by molar-refractivity contribution is 0.222. The Balaban J connectivity index is 2.39. The van der Waals surface area contributed by atoms with Gasteiger partial charge in [0.25, 0.3) is 0 Å². The second-order valence-electron chi connectivity index (χ2n) is 5.46. The van der Waals surface area contributed by atoms with Gasteiger partial charge in [0.05, 0.1) is 4.90 Å². The summed E-state index contributed by atoms with van der Waals surface area (Å²) in [6.07, 6.45) is 1.07. The van der Waals surface area contributed by atoms with E-state index in [1.54, 1.807) is 16.4 Å². The molecule has 0 bridgehead atoms. The molecule has 0 aliphatic carbocycles. The zero-order chi connectivity index (χ0) is 14.2. The Labute approximate surface area is 123 Å². The first kappa shape index (κ1) is 14.8. The van der Waals surface area contributed by atoms with Crippen molar-refractivity contribution in [3.05, 3.63) is 22.7 Å². The average molecular weight is 347 g/mol. The highest BCUT2D eigenvalue weighted by atomic mass is 79.9. The number of nitrogen functional groups attached to an aromatic ring is 1. The Morgan fingerprint density at radius 1 is 1.26 bits per heavy atom. The van der Waals surface area contributed by atoms with Gasteiger partial charge in [0, 0.05) is 23.2 Å². The molecule has 0 amide bonds. The van der Waals surface area contributed by atoms with E-state index in [1.165, 1.54) is 6.07 Å². The maximum atomic E-state index is 12.7. The molecule has 1 aliphatic heterocycles. The van der Waals surface area contributed by atoms with Crippen molar-refractivity contribution < 1.29 is 8.42 Å². The van der Waals surface area contributed by atoms with Crippen LogP contribution in [0, 0.1) is 11.8 Å². The minimum absolute atomic E-state index is 0.258. The predicted octanol–water partition coefficient (Wildman–Crippen LogP) is 2.70. The first-order chi connectivity index (χ1) is 8.80. The van der Waals surface area contributed by atoms with E-state index in [0.717, 1.165) is 6.42 Å². The summed E-state index contributed by atoms with van der Waals surface area (Å²) in [6, 6.07) is 4.88. The van der Waals surface area contributed by atoms with Gasteiger partial charge in [-0.2, -0.15) is 4.31 Å². The quantitative estimate of drug-likeness (QED) is 0.837. The molecule has 2 unspecified atom stereocenters. The Morgan fingerprint density at radius 2 is 1.84 bits per heavy atom. The Bertz CT molecular complexity index is 564. The molecule has 2 rings (SSSR count). The minimum Gasteiger partial charge on any atom is -0.399 e. The van der Waals surface area contributed by atoms with Gasteiger partial charge in [0.15, 0.2) is 0 Å². The molecule has 2 atom stereocenters. The lowest BCUT2D eigenvalue weighted by atomic mass is 9.94. The van der Waals surface area contributed by atoms with Crippen LogP contribution in [0.15, 0.2) is 27.6 Å². The van der Waals surface area contributed by atoms with E-state index in [9.17, 15) is 8.42 Å². The maximum Gasteiger partial charge on any atom is 0.244 e. The van der Waals surface area contributed by atoms with Crippen LogP contribution < -0.4 is 5.73 Å². The summed E-state index contributed by atoms with van der Waals surface area (Å²) in [5, 5.41) is 0. The average Bonchev–Trinajstić information content (AvgIpc) is 2.31. The summed E-state index contributed by atoms with van der Waals surface area (Å²) < 4.78 is 27.5. The fourth-order valence-electron chi connectivity index (χ4n) is 2.66. The molecule has 1 fully saturated rings. The molecule has 0 aromatic heterocycles. The van der Waals surface area contributed by atoms with Crippen LogP contribution in [0.3, 0.4) is 0 Å². The van der Waals surface area contributed by atoms with Crippen LogP contribution in [0.4, 0.5) is 5.69 Å². The van der Waals surface area contributed by atoms with Gasteiger partial charge in [-0.05, 0) is 52.4 Å². The summed E-state index contributed by atoms with van der Waals surface area (Å²) in [5.74, 6) is 0.775. The molecule has 1 aliphatic rings. The van der Waals surface area contributed by atoms with Crippen LogP contribution in [-0.2, 0) is 10.0 Å². The monoisotopic (exact) mass is 346 g/mol. The van der Waals surface area contributed by atoms with E-state index in [2.05, 4.69) is 29.8 Å². The van der Waals surface area contributed by atoms with Crippen LogP contribution in [0.5, 0.6) is 0 Å². The summed E-state index contributed by atoms with van der Waals surface area (Å²) in [7, 11) is -3.47. The fraction of sp³-hybridized carbons (Fsp3) is 0.538. The zero-order valence-electron chi connectivity index (χ0n) is 11.1. The molecule has 1 aromatic rings. The number of sulfonamides is 1. The van der Waals surface area contributed by atoms with Gasteiger partial charge in [-0.1, -0.05) is 13.8 Å². The third-order valence-electron chi connectivity index (χ3n) is 3.41. The number of hydrogen-bond donors (Lipinski definition) is 1. The van der Waals surface area contributed by atoms with Crippen molar-refractivity contribution >= 4 is 31.6 Å². The Morgan fingerprint density at radius 3 is 2.42 bits per heavy atom. The molecular formula is C13H19BrN2O2S. The summed E-state index contributed by atoms with van der Waals surface area (Å²) >= 11 is 3.30. The second kappa shape index (κ2) is 5.42.